The molecule has 8 heteroatoms. The van der Waals surface area contributed by atoms with E-state index in [-0.39, 0.29) is 24.0 Å². The van der Waals surface area contributed by atoms with Crippen molar-refractivity contribution in [2.45, 2.75) is 20.3 Å². The van der Waals surface area contributed by atoms with Crippen LogP contribution in [0.15, 0.2) is 23.2 Å². The van der Waals surface area contributed by atoms with Gasteiger partial charge in [0.25, 0.3) is 0 Å². The molecule has 1 aromatic rings. The smallest absolute Gasteiger partial charge is 0.191 e. The number of nitrogens with zero attached hydrogens (tertiary/aromatic N) is 3. The van der Waals surface area contributed by atoms with Crippen LogP contribution >= 0.6 is 24.0 Å². The number of methoxy groups -OCH3 is 2. The molecule has 0 unspecified atom stereocenters. The van der Waals surface area contributed by atoms with Gasteiger partial charge in [-0.3, -0.25) is 9.89 Å². The molecule has 0 spiro atoms. The largest absolute Gasteiger partial charge is 0.493 e. The van der Waals surface area contributed by atoms with E-state index in [9.17, 15) is 0 Å². The molecule has 7 nitrogen and oxygen atoms in total. The van der Waals surface area contributed by atoms with E-state index in [1.807, 2.05) is 12.1 Å². The van der Waals surface area contributed by atoms with Crippen molar-refractivity contribution >= 4 is 29.9 Å². The predicted molar refractivity (Wildman–Crippen MR) is 131 cm³/mol. The Balaban J connectivity index is 0.00000420. The quantitative estimate of drug-likeness (QED) is 0.281. The number of benzene rings is 1. The molecule has 0 aliphatic carbocycles. The van der Waals surface area contributed by atoms with Crippen molar-refractivity contribution < 1.29 is 9.47 Å². The number of nitrogens with one attached hydrogen (secondary N) is 2. The minimum Gasteiger partial charge on any atom is -0.493 e. The zero-order valence-corrected chi connectivity index (χ0v) is 20.7. The summed E-state index contributed by atoms with van der Waals surface area (Å²) in [7, 11) is 3.32. The molecule has 2 rings (SSSR count). The minimum absolute atomic E-state index is 0. The Bertz CT molecular complexity index is 607. The van der Waals surface area contributed by atoms with E-state index < -0.39 is 0 Å². The second kappa shape index (κ2) is 14.7. The summed E-state index contributed by atoms with van der Waals surface area (Å²) in [4.78, 5) is 9.74. The van der Waals surface area contributed by atoms with Crippen LogP contribution in [0.3, 0.4) is 0 Å². The lowest BCUT2D eigenvalue weighted by atomic mass is 10.1. The van der Waals surface area contributed by atoms with Gasteiger partial charge in [-0.1, -0.05) is 13.0 Å². The van der Waals surface area contributed by atoms with E-state index in [1.54, 1.807) is 14.2 Å². The van der Waals surface area contributed by atoms with Gasteiger partial charge in [0.2, 0.25) is 0 Å². The third-order valence-corrected chi connectivity index (χ3v) is 5.10. The van der Waals surface area contributed by atoms with Gasteiger partial charge in [-0.2, -0.15) is 0 Å². The van der Waals surface area contributed by atoms with E-state index >= 15 is 0 Å². The van der Waals surface area contributed by atoms with Crippen LogP contribution in [0.25, 0.3) is 0 Å². The first kappa shape index (κ1) is 25.8. The maximum absolute atomic E-state index is 5.38. The molecule has 0 saturated carbocycles. The summed E-state index contributed by atoms with van der Waals surface area (Å²) in [5.74, 6) is 2.41. The highest BCUT2D eigenvalue weighted by Crippen LogP contribution is 2.27. The summed E-state index contributed by atoms with van der Waals surface area (Å²) in [5.41, 5.74) is 1.20. The number of rotatable bonds is 10. The number of ether oxygens (including phenoxy) is 2. The van der Waals surface area contributed by atoms with Crippen molar-refractivity contribution in [2.24, 2.45) is 4.99 Å². The van der Waals surface area contributed by atoms with Gasteiger partial charge >= 0.3 is 0 Å². The molecule has 2 N–H and O–H groups in total. The van der Waals surface area contributed by atoms with E-state index in [1.165, 1.54) is 18.7 Å². The van der Waals surface area contributed by atoms with Crippen LogP contribution < -0.4 is 20.1 Å². The second-order valence-electron chi connectivity index (χ2n) is 6.90. The first-order chi connectivity index (χ1) is 13.7. The predicted octanol–water partition coefficient (Wildman–Crippen LogP) is 2.06. The fraction of sp³-hybridized carbons (Fsp3) is 0.667. The van der Waals surface area contributed by atoms with Gasteiger partial charge in [0.1, 0.15) is 0 Å². The number of likely N-dealkylation sites (N-methyl/N-ethyl adjacent to an activating group) is 1. The number of hydrogen-bond donors (Lipinski definition) is 2. The van der Waals surface area contributed by atoms with Crippen LogP contribution in [0.5, 0.6) is 11.5 Å². The van der Waals surface area contributed by atoms with Gasteiger partial charge in [0.15, 0.2) is 17.5 Å². The molecule has 0 aromatic heterocycles. The first-order valence-corrected chi connectivity index (χ1v) is 10.4. The molecule has 166 valence electrons. The summed E-state index contributed by atoms with van der Waals surface area (Å²) in [6, 6.07) is 6.05. The first-order valence-electron chi connectivity index (χ1n) is 10.4. The highest BCUT2D eigenvalue weighted by atomic mass is 127. The van der Waals surface area contributed by atoms with Gasteiger partial charge in [-0.05, 0) is 37.6 Å². The Kier molecular flexibility index (Phi) is 13.0. The van der Waals surface area contributed by atoms with Crippen molar-refractivity contribution in [1.82, 2.24) is 20.4 Å². The molecule has 29 heavy (non-hydrogen) atoms. The Morgan fingerprint density at radius 1 is 1.00 bits per heavy atom. The van der Waals surface area contributed by atoms with Crippen molar-refractivity contribution in [3.8, 4) is 11.5 Å². The zero-order chi connectivity index (χ0) is 20.2. The number of hydrogen-bond acceptors (Lipinski definition) is 5. The van der Waals surface area contributed by atoms with Gasteiger partial charge in [0.05, 0.1) is 20.8 Å². The van der Waals surface area contributed by atoms with Gasteiger partial charge in [-0.25, -0.2) is 0 Å². The molecule has 0 radical (unpaired) electrons. The second-order valence-corrected chi connectivity index (χ2v) is 6.90. The normalized spacial score (nSPS) is 15.5. The Hall–Kier alpha value is -1.26. The van der Waals surface area contributed by atoms with E-state index in [0.717, 1.165) is 69.7 Å². The lowest BCUT2D eigenvalue weighted by Gasteiger charge is -2.33. The summed E-state index contributed by atoms with van der Waals surface area (Å²) in [6.07, 6.45) is 0.893. The third kappa shape index (κ3) is 8.96. The van der Waals surface area contributed by atoms with Crippen molar-refractivity contribution in [1.29, 1.82) is 0 Å². The zero-order valence-electron chi connectivity index (χ0n) is 18.4. The van der Waals surface area contributed by atoms with Crippen LogP contribution in [0, 0.1) is 0 Å². The molecule has 1 fully saturated rings. The number of guanidine groups is 1. The molecule has 1 heterocycles. The minimum atomic E-state index is 0. The van der Waals surface area contributed by atoms with Crippen molar-refractivity contribution in [3.05, 3.63) is 23.8 Å². The van der Waals surface area contributed by atoms with Crippen LogP contribution in [0.4, 0.5) is 0 Å². The van der Waals surface area contributed by atoms with Gasteiger partial charge in [-0.15, -0.1) is 24.0 Å². The molecule has 0 bridgehead atoms. The summed E-state index contributed by atoms with van der Waals surface area (Å²) in [6.45, 7) is 13.6. The lowest BCUT2D eigenvalue weighted by molar-refractivity contribution is 0.140. The molecule has 0 atom stereocenters. The molecule has 1 aromatic carbocycles. The third-order valence-electron chi connectivity index (χ3n) is 5.10. The van der Waals surface area contributed by atoms with E-state index in [4.69, 9.17) is 14.5 Å². The standard InChI is InChI=1S/C21H37N5O2.HI/c1-5-22-21(24-11-12-26-15-13-25(6-2)14-16-26)23-10-9-18-7-8-19(27-3)20(17-18)28-4;/h7-8,17H,5-6,9-16H2,1-4H3,(H2,22,23,24);1H. The summed E-state index contributed by atoms with van der Waals surface area (Å²) in [5, 5.41) is 6.76. The fourth-order valence-electron chi connectivity index (χ4n) is 3.34. The SMILES string of the molecule is CCNC(=NCCN1CCN(CC)CC1)NCCc1ccc(OC)c(OC)c1.I. The van der Waals surface area contributed by atoms with E-state index in [0.29, 0.717) is 0 Å². The number of piperazine rings is 1. The molecular formula is C21H38IN5O2. The number of halogens is 1. The highest BCUT2D eigenvalue weighted by Gasteiger charge is 2.14. The molecule has 1 aliphatic heterocycles. The van der Waals surface area contributed by atoms with Crippen LogP contribution in [0.2, 0.25) is 0 Å². The lowest BCUT2D eigenvalue weighted by Crippen LogP contribution is -2.47. The topological polar surface area (TPSA) is 61.4 Å². The average molecular weight is 519 g/mol. The highest BCUT2D eigenvalue weighted by molar-refractivity contribution is 14.0. The summed E-state index contributed by atoms with van der Waals surface area (Å²) >= 11 is 0. The monoisotopic (exact) mass is 519 g/mol. The van der Waals surface area contributed by atoms with Gasteiger partial charge in [0, 0.05) is 45.8 Å². The molecule has 0 amide bonds. The maximum atomic E-state index is 5.38. The summed E-state index contributed by atoms with van der Waals surface area (Å²) < 4.78 is 10.7. The average Bonchev–Trinajstić information content (AvgIpc) is 2.74. The Labute approximate surface area is 193 Å². The Morgan fingerprint density at radius 2 is 1.69 bits per heavy atom. The van der Waals surface area contributed by atoms with Crippen molar-refractivity contribution in [2.75, 3.05) is 73.1 Å². The molecule has 1 aliphatic rings. The van der Waals surface area contributed by atoms with Crippen LogP contribution in [-0.4, -0.2) is 88.9 Å². The maximum Gasteiger partial charge on any atom is 0.191 e. The van der Waals surface area contributed by atoms with Crippen molar-refractivity contribution in [3.63, 3.8) is 0 Å². The fourth-order valence-corrected chi connectivity index (χ4v) is 3.34. The number of aliphatic imine (C=N–C) groups is 1. The molecule has 1 saturated heterocycles. The van der Waals surface area contributed by atoms with Crippen LogP contribution in [-0.2, 0) is 6.42 Å². The van der Waals surface area contributed by atoms with Gasteiger partial charge < -0.3 is 25.0 Å². The van der Waals surface area contributed by atoms with E-state index in [2.05, 4.69) is 40.3 Å². The van der Waals surface area contributed by atoms with Crippen LogP contribution in [0.1, 0.15) is 19.4 Å². The molecular weight excluding hydrogens is 481 g/mol. The Morgan fingerprint density at radius 3 is 2.31 bits per heavy atom.